The van der Waals surface area contributed by atoms with Crippen LogP contribution in [0.5, 0.6) is 11.5 Å². The molecule has 1 aliphatic heterocycles. The van der Waals surface area contributed by atoms with E-state index in [-0.39, 0.29) is 24.9 Å². The zero-order valence-corrected chi connectivity index (χ0v) is 16.2. The number of hydrogen-bond donors (Lipinski definition) is 3. The molecular formula is C19H20BrN3O4. The standard InChI is InChI=1S/C19H20BrN3O4/c20-14-2-4-15(5-3-14)23-19(25)21-8-7-18(24)22-12-13-1-6-16-17(11-13)27-10-9-26-16/h1-6,11H,7-10,12H2,(H,22,24)(H2,21,23,25). The smallest absolute Gasteiger partial charge is 0.319 e. The number of benzene rings is 2. The molecule has 1 heterocycles. The Morgan fingerprint density at radius 1 is 0.963 bits per heavy atom. The minimum absolute atomic E-state index is 0.145. The molecule has 0 radical (unpaired) electrons. The van der Waals surface area contributed by atoms with Gasteiger partial charge in [0.15, 0.2) is 11.5 Å². The number of carbonyl (C=O) groups excluding carboxylic acids is 2. The van der Waals surface area contributed by atoms with Crippen LogP contribution < -0.4 is 25.4 Å². The first-order valence-electron chi connectivity index (χ1n) is 8.56. The van der Waals surface area contributed by atoms with Gasteiger partial charge in [0.25, 0.3) is 0 Å². The van der Waals surface area contributed by atoms with E-state index in [9.17, 15) is 9.59 Å². The van der Waals surface area contributed by atoms with Crippen LogP contribution in [0.25, 0.3) is 0 Å². The predicted molar refractivity (Wildman–Crippen MR) is 105 cm³/mol. The van der Waals surface area contributed by atoms with Crippen molar-refractivity contribution in [3.63, 3.8) is 0 Å². The van der Waals surface area contributed by atoms with E-state index in [1.807, 2.05) is 30.3 Å². The number of urea groups is 1. The summed E-state index contributed by atoms with van der Waals surface area (Å²) in [6, 6.07) is 12.5. The van der Waals surface area contributed by atoms with Crippen molar-refractivity contribution in [2.24, 2.45) is 0 Å². The second kappa shape index (κ2) is 9.27. The molecule has 0 aromatic heterocycles. The molecule has 0 bridgehead atoms. The quantitative estimate of drug-likeness (QED) is 0.652. The average Bonchev–Trinajstić information content (AvgIpc) is 2.68. The molecule has 1 aliphatic rings. The van der Waals surface area contributed by atoms with Crippen molar-refractivity contribution in [1.29, 1.82) is 0 Å². The van der Waals surface area contributed by atoms with Crippen molar-refractivity contribution in [2.45, 2.75) is 13.0 Å². The summed E-state index contributed by atoms with van der Waals surface area (Å²) >= 11 is 3.33. The summed E-state index contributed by atoms with van der Waals surface area (Å²) in [6.45, 7) is 1.71. The second-order valence-corrected chi connectivity index (χ2v) is 6.81. The Balaban J connectivity index is 1.36. The Morgan fingerprint density at radius 3 is 2.48 bits per heavy atom. The number of carbonyl (C=O) groups is 2. The van der Waals surface area contributed by atoms with E-state index < -0.39 is 0 Å². The Kier molecular flexibility index (Phi) is 6.54. The highest BCUT2D eigenvalue weighted by molar-refractivity contribution is 9.10. The second-order valence-electron chi connectivity index (χ2n) is 5.89. The molecule has 0 saturated heterocycles. The predicted octanol–water partition coefficient (Wildman–Crippen LogP) is 3.05. The van der Waals surface area contributed by atoms with Gasteiger partial charge in [-0.05, 0) is 42.0 Å². The van der Waals surface area contributed by atoms with Gasteiger partial charge in [-0.1, -0.05) is 22.0 Å². The number of rotatable bonds is 6. The van der Waals surface area contributed by atoms with Gasteiger partial charge in [-0.2, -0.15) is 0 Å². The third-order valence-corrected chi connectivity index (χ3v) is 4.36. The molecular weight excluding hydrogens is 414 g/mol. The van der Waals surface area contributed by atoms with E-state index in [2.05, 4.69) is 31.9 Å². The van der Waals surface area contributed by atoms with Crippen molar-refractivity contribution >= 4 is 33.6 Å². The SMILES string of the molecule is O=C(CCNC(=O)Nc1ccc(Br)cc1)NCc1ccc2c(c1)OCCO2. The van der Waals surface area contributed by atoms with Gasteiger partial charge in [0.1, 0.15) is 13.2 Å². The summed E-state index contributed by atoms with van der Waals surface area (Å²) in [5, 5.41) is 8.18. The summed E-state index contributed by atoms with van der Waals surface area (Å²) in [5.74, 6) is 1.27. The maximum atomic E-state index is 11.9. The van der Waals surface area contributed by atoms with Crippen LogP contribution in [0.3, 0.4) is 0 Å². The van der Waals surface area contributed by atoms with Crippen molar-refractivity contribution in [1.82, 2.24) is 10.6 Å². The van der Waals surface area contributed by atoms with Crippen LogP contribution in [-0.4, -0.2) is 31.7 Å². The summed E-state index contributed by atoms with van der Waals surface area (Å²) in [4.78, 5) is 23.7. The summed E-state index contributed by atoms with van der Waals surface area (Å²) in [6.07, 6.45) is 0.193. The van der Waals surface area contributed by atoms with Gasteiger partial charge in [0.2, 0.25) is 5.91 Å². The van der Waals surface area contributed by atoms with Crippen LogP contribution in [0.15, 0.2) is 46.9 Å². The molecule has 7 nitrogen and oxygen atoms in total. The van der Waals surface area contributed by atoms with Crippen LogP contribution in [0.1, 0.15) is 12.0 Å². The first-order valence-corrected chi connectivity index (χ1v) is 9.35. The van der Waals surface area contributed by atoms with Gasteiger partial charge in [0.05, 0.1) is 0 Å². The van der Waals surface area contributed by atoms with Gasteiger partial charge in [-0.3, -0.25) is 4.79 Å². The van der Waals surface area contributed by atoms with E-state index in [0.29, 0.717) is 31.2 Å². The third kappa shape index (κ3) is 5.89. The zero-order valence-electron chi connectivity index (χ0n) is 14.6. The highest BCUT2D eigenvalue weighted by Crippen LogP contribution is 2.30. The summed E-state index contributed by atoms with van der Waals surface area (Å²) < 4.78 is 11.9. The van der Waals surface area contributed by atoms with Crippen LogP contribution in [-0.2, 0) is 11.3 Å². The minimum atomic E-state index is -0.350. The fourth-order valence-corrected chi connectivity index (χ4v) is 2.75. The average molecular weight is 434 g/mol. The third-order valence-electron chi connectivity index (χ3n) is 3.84. The van der Waals surface area contributed by atoms with E-state index in [1.54, 1.807) is 12.1 Å². The lowest BCUT2D eigenvalue weighted by atomic mass is 10.2. The molecule has 0 aliphatic carbocycles. The Bertz CT molecular complexity index is 811. The van der Waals surface area contributed by atoms with Crippen LogP contribution >= 0.6 is 15.9 Å². The first kappa shape index (κ1) is 19.0. The molecule has 142 valence electrons. The van der Waals surface area contributed by atoms with Crippen molar-refractivity contribution < 1.29 is 19.1 Å². The Morgan fingerprint density at radius 2 is 1.70 bits per heavy atom. The molecule has 3 amide bonds. The fourth-order valence-electron chi connectivity index (χ4n) is 2.48. The number of fused-ring (bicyclic) bond motifs is 1. The maximum Gasteiger partial charge on any atom is 0.319 e. The van der Waals surface area contributed by atoms with E-state index in [1.165, 1.54) is 0 Å². The topological polar surface area (TPSA) is 88.7 Å². The molecule has 0 unspecified atom stereocenters. The maximum absolute atomic E-state index is 11.9. The number of ether oxygens (including phenoxy) is 2. The van der Waals surface area contributed by atoms with E-state index in [0.717, 1.165) is 15.8 Å². The number of halogens is 1. The summed E-state index contributed by atoms with van der Waals surface area (Å²) in [5.41, 5.74) is 1.60. The van der Waals surface area contributed by atoms with Crippen molar-refractivity contribution in [2.75, 3.05) is 25.1 Å². The lowest BCUT2D eigenvalue weighted by Gasteiger charge is -2.19. The monoisotopic (exact) mass is 433 g/mol. The lowest BCUT2D eigenvalue weighted by Crippen LogP contribution is -2.33. The number of amides is 3. The number of hydrogen-bond acceptors (Lipinski definition) is 4. The normalized spacial score (nSPS) is 12.2. The number of anilines is 1. The van der Waals surface area contributed by atoms with E-state index in [4.69, 9.17) is 9.47 Å². The molecule has 0 atom stereocenters. The molecule has 0 spiro atoms. The molecule has 27 heavy (non-hydrogen) atoms. The van der Waals surface area contributed by atoms with Gasteiger partial charge >= 0.3 is 6.03 Å². The van der Waals surface area contributed by atoms with Crippen LogP contribution in [0.2, 0.25) is 0 Å². The van der Waals surface area contributed by atoms with Gasteiger partial charge < -0.3 is 25.4 Å². The molecule has 8 heteroatoms. The highest BCUT2D eigenvalue weighted by atomic mass is 79.9. The van der Waals surface area contributed by atoms with Gasteiger partial charge in [-0.15, -0.1) is 0 Å². The molecule has 2 aromatic rings. The van der Waals surface area contributed by atoms with Crippen LogP contribution in [0.4, 0.5) is 10.5 Å². The number of nitrogens with one attached hydrogen (secondary N) is 3. The zero-order chi connectivity index (χ0) is 19.1. The molecule has 3 rings (SSSR count). The van der Waals surface area contributed by atoms with Gasteiger partial charge in [-0.25, -0.2) is 4.79 Å². The Labute approximate surface area is 165 Å². The van der Waals surface area contributed by atoms with Crippen molar-refractivity contribution in [3.05, 3.63) is 52.5 Å². The molecule has 3 N–H and O–H groups in total. The van der Waals surface area contributed by atoms with Gasteiger partial charge in [0, 0.05) is 29.7 Å². The minimum Gasteiger partial charge on any atom is -0.486 e. The fraction of sp³-hybridized carbons (Fsp3) is 0.263. The Hall–Kier alpha value is -2.74. The molecule has 0 fully saturated rings. The molecule has 0 saturated carbocycles. The van der Waals surface area contributed by atoms with Crippen molar-refractivity contribution in [3.8, 4) is 11.5 Å². The largest absolute Gasteiger partial charge is 0.486 e. The summed E-state index contributed by atoms with van der Waals surface area (Å²) in [7, 11) is 0. The van der Waals surface area contributed by atoms with E-state index >= 15 is 0 Å². The highest BCUT2D eigenvalue weighted by Gasteiger charge is 2.12. The lowest BCUT2D eigenvalue weighted by molar-refractivity contribution is -0.121. The molecule has 2 aromatic carbocycles. The van der Waals surface area contributed by atoms with Crippen LogP contribution in [0, 0.1) is 0 Å². The first-order chi connectivity index (χ1) is 13.1.